The van der Waals surface area contributed by atoms with Gasteiger partial charge in [0.25, 0.3) is 0 Å². The Morgan fingerprint density at radius 1 is 0.816 bits per heavy atom. The van der Waals surface area contributed by atoms with Crippen molar-refractivity contribution in [3.8, 4) is 0 Å². The first-order valence-electron chi connectivity index (χ1n) is 9.19. The Balaban J connectivity index is 0.000000537. The van der Waals surface area contributed by atoms with Crippen molar-refractivity contribution in [2.45, 2.75) is 6.18 Å². The molecule has 3 aromatic carbocycles. The van der Waals surface area contributed by atoms with Crippen LogP contribution < -0.4 is 16.8 Å². The quantitative estimate of drug-likeness (QED) is 0.0983. The second-order valence-corrected chi connectivity index (χ2v) is 13.2. The largest absolute Gasteiger partial charge is 0.471 e. The molecule has 17 heteroatoms. The van der Waals surface area contributed by atoms with Crippen LogP contribution in [0.25, 0.3) is 0 Å². The summed E-state index contributed by atoms with van der Waals surface area (Å²) in [4.78, 5) is 10.7. The molecule has 0 aromatic heterocycles. The fourth-order valence-corrected chi connectivity index (χ4v) is 5.24. The summed E-state index contributed by atoms with van der Waals surface area (Å²) in [6, 6.07) is 11.7. The zero-order chi connectivity index (χ0) is 29.8. The van der Waals surface area contributed by atoms with E-state index in [1.165, 1.54) is 12.1 Å². The van der Waals surface area contributed by atoms with Crippen molar-refractivity contribution in [3.05, 3.63) is 78.1 Å². The van der Waals surface area contributed by atoms with Gasteiger partial charge in [0, 0.05) is 31.9 Å². The molecule has 3 aromatic rings. The Bertz CT molecular complexity index is 1190. The number of amides is 1. The van der Waals surface area contributed by atoms with E-state index >= 15 is 0 Å². The van der Waals surface area contributed by atoms with E-state index in [-0.39, 0.29) is 16.0 Å². The minimum absolute atomic E-state index is 0.0242. The fourth-order valence-electron chi connectivity index (χ4n) is 1.86. The monoisotopic (exact) mass is 1050 g/mol. The molecule has 0 heterocycles. The molecular weight excluding hydrogens is 1040 g/mol. The maximum Gasteiger partial charge on any atom is 0.471 e. The number of alkyl halides is 5. The number of hydrogen-bond donors (Lipinski definition) is 3. The molecule has 0 aliphatic rings. The number of carbonyl (C=O) groups is 1. The molecule has 0 spiro atoms. The molecule has 4 nitrogen and oxygen atoms in total. The predicted octanol–water partition coefficient (Wildman–Crippen LogP) is 11.6. The lowest BCUT2D eigenvalue weighted by molar-refractivity contribution is -0.167. The maximum absolute atomic E-state index is 12.0. The zero-order valence-corrected chi connectivity index (χ0v) is 31.1. The Labute approximate surface area is 294 Å². The summed E-state index contributed by atoms with van der Waals surface area (Å²) in [6.07, 6.45) is -4.91. The molecule has 0 aliphatic carbocycles. The average Bonchev–Trinajstić information content (AvgIpc) is 2.79. The number of hydrogen-bond acceptors (Lipinski definition) is 3. The van der Waals surface area contributed by atoms with Gasteiger partial charge in [-0.3, -0.25) is 4.79 Å². The van der Waals surface area contributed by atoms with E-state index in [9.17, 15) is 18.0 Å². The lowest BCUT2D eigenvalue weighted by atomic mass is 10.3. The van der Waals surface area contributed by atoms with E-state index in [2.05, 4.69) is 70.4 Å². The maximum atomic E-state index is 12.0. The third-order valence-electron chi connectivity index (χ3n) is 3.50. The third kappa shape index (κ3) is 15.2. The molecule has 210 valence electrons. The molecule has 1 amide bonds. The van der Waals surface area contributed by atoms with E-state index < -0.39 is 12.1 Å². The number of nitrogens with two attached hydrogens (primary N) is 2. The summed E-state index contributed by atoms with van der Waals surface area (Å²) in [5.74, 6) is -2.02. The number of carbonyl (C=O) groups excluding carboxylic acids is 1. The number of nitrogens with one attached hydrogen (secondary N) is 1. The molecule has 5 N–H and O–H groups in total. The molecule has 0 atom stereocenters. The molecule has 0 bridgehead atoms. The van der Waals surface area contributed by atoms with Gasteiger partial charge in [-0.25, -0.2) is 0 Å². The van der Waals surface area contributed by atoms with Crippen LogP contribution in [0.1, 0.15) is 0 Å². The molecule has 0 saturated heterocycles. The van der Waals surface area contributed by atoms with Crippen LogP contribution in [-0.2, 0) is 4.79 Å². The van der Waals surface area contributed by atoms with E-state index in [1.54, 1.807) is 46.1 Å². The van der Waals surface area contributed by atoms with Crippen LogP contribution in [0.4, 0.5) is 30.2 Å². The number of anilines is 3. The summed E-state index contributed by atoms with van der Waals surface area (Å²) in [6.45, 7) is 0. The molecule has 0 unspecified atom stereocenters. The van der Waals surface area contributed by atoms with Crippen LogP contribution in [0.3, 0.4) is 0 Å². The summed E-state index contributed by atoms with van der Waals surface area (Å²) in [5, 5.41) is 3.46. The highest BCUT2D eigenvalue weighted by Crippen LogP contribution is 2.31. The van der Waals surface area contributed by atoms with Crippen LogP contribution in [-0.4, -0.2) is 17.4 Å². The van der Waals surface area contributed by atoms with Crippen molar-refractivity contribution < 1.29 is 18.0 Å². The Morgan fingerprint density at radius 2 is 1.26 bits per heavy atom. The minimum Gasteiger partial charge on any atom is -0.399 e. The van der Waals surface area contributed by atoms with Gasteiger partial charge in [0.15, 0.2) is 0 Å². The first-order chi connectivity index (χ1) is 17.4. The Hall–Kier alpha value is 0.870. The smallest absolute Gasteiger partial charge is 0.399 e. The topological polar surface area (TPSA) is 81.1 Å². The number of benzene rings is 3. The highest BCUT2D eigenvalue weighted by molar-refractivity contribution is 14.1. The number of rotatable bonds is 1. The molecule has 0 fully saturated rings. The SMILES string of the molecule is ClCCl.Nc1cc(Cl)c(Br)cc1I.Nc1ccc(Br)c(Cl)c1.O=C(Nc1cc(Cl)c(Br)cc1I)C(F)(F)F. The first kappa shape index (κ1) is 38.9. The van der Waals surface area contributed by atoms with E-state index in [1.807, 2.05) is 12.1 Å². The van der Waals surface area contributed by atoms with Gasteiger partial charge in [-0.2, -0.15) is 13.2 Å². The van der Waals surface area contributed by atoms with Crippen LogP contribution in [0.5, 0.6) is 0 Å². The molecule has 38 heavy (non-hydrogen) atoms. The molecule has 0 radical (unpaired) electrons. The van der Waals surface area contributed by atoms with Gasteiger partial charge in [-0.05, 0) is 135 Å². The normalized spacial score (nSPS) is 10.1. The van der Waals surface area contributed by atoms with Crippen molar-refractivity contribution in [2.75, 3.05) is 22.1 Å². The molecule has 0 saturated carbocycles. The fraction of sp³-hybridized carbons (Fsp3) is 0.0952. The molecular formula is C21H14Br3Cl5F3I2N3O. The third-order valence-corrected chi connectivity index (χ3v) is 8.95. The number of nitrogen functional groups attached to an aromatic ring is 2. The van der Waals surface area contributed by atoms with Crippen molar-refractivity contribution in [2.24, 2.45) is 0 Å². The van der Waals surface area contributed by atoms with Crippen molar-refractivity contribution >= 4 is 174 Å². The van der Waals surface area contributed by atoms with Gasteiger partial charge in [-0.1, -0.05) is 34.8 Å². The van der Waals surface area contributed by atoms with E-state index in [4.69, 9.17) is 69.5 Å². The van der Waals surface area contributed by atoms with Gasteiger partial charge in [0.1, 0.15) is 0 Å². The summed E-state index contributed by atoms with van der Waals surface area (Å²) in [7, 11) is 0. The minimum atomic E-state index is -4.91. The summed E-state index contributed by atoms with van der Waals surface area (Å²) < 4.78 is 39.7. The van der Waals surface area contributed by atoms with Gasteiger partial charge in [0.05, 0.1) is 26.1 Å². The van der Waals surface area contributed by atoms with Gasteiger partial charge >= 0.3 is 12.1 Å². The highest BCUT2D eigenvalue weighted by Gasteiger charge is 2.39. The second-order valence-electron chi connectivity index (χ2n) is 6.26. The zero-order valence-electron chi connectivity index (χ0n) is 18.2. The average molecular weight is 1050 g/mol. The van der Waals surface area contributed by atoms with Crippen LogP contribution in [0.15, 0.2) is 55.9 Å². The van der Waals surface area contributed by atoms with E-state index in [0.717, 1.165) is 12.5 Å². The van der Waals surface area contributed by atoms with Crippen molar-refractivity contribution in [1.29, 1.82) is 0 Å². The predicted molar refractivity (Wildman–Crippen MR) is 183 cm³/mol. The van der Waals surface area contributed by atoms with Crippen molar-refractivity contribution in [1.82, 2.24) is 0 Å². The first-order valence-corrected chi connectivity index (χ1v) is 15.9. The highest BCUT2D eigenvalue weighted by atomic mass is 127. The molecule has 3 rings (SSSR count). The number of halogens is 13. The summed E-state index contributed by atoms with van der Waals surface area (Å²) >= 11 is 40.3. The van der Waals surface area contributed by atoms with E-state index in [0.29, 0.717) is 29.5 Å². The Morgan fingerprint density at radius 3 is 1.68 bits per heavy atom. The Kier molecular flexibility index (Phi) is 19.6. The van der Waals surface area contributed by atoms with Gasteiger partial charge < -0.3 is 16.8 Å². The van der Waals surface area contributed by atoms with Gasteiger partial charge in [0.2, 0.25) is 0 Å². The van der Waals surface area contributed by atoms with Crippen LogP contribution >= 0.6 is 151 Å². The van der Waals surface area contributed by atoms with Crippen molar-refractivity contribution in [3.63, 3.8) is 0 Å². The standard InChI is InChI=1S/C8H3BrClF3INO.C6H4BrClIN.C6H5BrClN.CH2Cl2/c9-3-1-5(14)6(2-4(3)10)15-7(16)8(11,12)13;7-3-1-5(9)6(10)2-4(3)8;7-5-2-1-4(9)3-6(5)8;2-1-3/h1-2H,(H,15,16);1-2H,10H2;1-3H,9H2;1H2. The van der Waals surface area contributed by atoms with Crippen LogP contribution in [0.2, 0.25) is 15.1 Å². The van der Waals surface area contributed by atoms with Gasteiger partial charge in [-0.15, -0.1) is 23.2 Å². The lowest BCUT2D eigenvalue weighted by Crippen LogP contribution is -2.30. The van der Waals surface area contributed by atoms with Crippen LogP contribution in [0, 0.1) is 7.14 Å². The lowest BCUT2D eigenvalue weighted by Gasteiger charge is -2.10. The summed E-state index contributed by atoms with van der Waals surface area (Å²) in [5.41, 5.74) is 12.4. The molecule has 0 aliphatic heterocycles. The second kappa shape index (κ2) is 19.1.